The van der Waals surface area contributed by atoms with E-state index in [9.17, 15) is 4.79 Å². The molecule has 3 aromatic heterocycles. The first-order chi connectivity index (χ1) is 11.7. The van der Waals surface area contributed by atoms with Gasteiger partial charge in [-0.15, -0.1) is 5.10 Å². The van der Waals surface area contributed by atoms with Crippen molar-refractivity contribution in [1.29, 1.82) is 0 Å². The Bertz CT molecular complexity index is 1120. The van der Waals surface area contributed by atoms with E-state index < -0.39 is 0 Å². The maximum Gasteiger partial charge on any atom is 0.292 e. The van der Waals surface area contributed by atoms with Gasteiger partial charge in [-0.1, -0.05) is 23.5 Å². The molecule has 7 heteroatoms. The summed E-state index contributed by atoms with van der Waals surface area (Å²) < 4.78 is 1.90. The molecule has 0 unspecified atom stereocenters. The predicted octanol–water partition coefficient (Wildman–Crippen LogP) is 2.09. The number of hydrogen-bond donors (Lipinski definition) is 1. The summed E-state index contributed by atoms with van der Waals surface area (Å²) in [5.41, 5.74) is 2.75. The molecule has 0 amide bonds. The van der Waals surface area contributed by atoms with Crippen LogP contribution in [-0.4, -0.2) is 19.6 Å². The van der Waals surface area contributed by atoms with Crippen LogP contribution in [-0.2, 0) is 0 Å². The van der Waals surface area contributed by atoms with Gasteiger partial charge in [-0.25, -0.2) is 0 Å². The molecule has 0 aliphatic carbocycles. The maximum absolute atomic E-state index is 12.4. The Kier molecular flexibility index (Phi) is 3.55. The summed E-state index contributed by atoms with van der Waals surface area (Å²) in [6.45, 7) is 2.02. The number of thiazole rings is 1. The molecule has 1 N–H and O–H groups in total. The molecule has 3 heterocycles. The summed E-state index contributed by atoms with van der Waals surface area (Å²) in [5, 5.41) is 7.45. The van der Waals surface area contributed by atoms with Crippen LogP contribution in [0.25, 0.3) is 22.5 Å². The smallest absolute Gasteiger partial charge is 0.292 e. The molecule has 6 nitrogen and oxygen atoms in total. The van der Waals surface area contributed by atoms with E-state index in [1.54, 1.807) is 18.6 Å². The molecule has 24 heavy (non-hydrogen) atoms. The van der Waals surface area contributed by atoms with Gasteiger partial charge < -0.3 is 5.32 Å². The first-order valence-electron chi connectivity index (χ1n) is 7.34. The van der Waals surface area contributed by atoms with Crippen LogP contribution in [0.4, 0.5) is 5.69 Å². The molecule has 0 saturated heterocycles. The highest BCUT2D eigenvalue weighted by Crippen LogP contribution is 2.15. The average Bonchev–Trinajstić information content (AvgIpc) is 3.14. The average molecular weight is 335 g/mol. The molecule has 0 saturated carbocycles. The maximum atomic E-state index is 12.4. The largest absolute Gasteiger partial charge is 0.360 e. The van der Waals surface area contributed by atoms with Crippen LogP contribution in [0.2, 0.25) is 0 Å². The quantitative estimate of drug-likeness (QED) is 0.621. The van der Waals surface area contributed by atoms with Crippen LogP contribution >= 0.6 is 11.3 Å². The number of hydrogen-bond acceptors (Lipinski definition) is 6. The van der Waals surface area contributed by atoms with Gasteiger partial charge in [0, 0.05) is 29.8 Å². The highest BCUT2D eigenvalue weighted by Gasteiger charge is 2.11. The van der Waals surface area contributed by atoms with Crippen molar-refractivity contribution in [3.63, 3.8) is 0 Å². The van der Waals surface area contributed by atoms with Crippen molar-refractivity contribution in [2.75, 3.05) is 5.32 Å². The fraction of sp³-hybridized carbons (Fsp3) is 0.0588. The third-order valence-corrected chi connectivity index (χ3v) is 4.47. The standard InChI is InChI=1S/C17H13N5OS/c1-11-3-2-4-13(9-11)19-10-14-16(23)22-17(24-14)20-15(21-22)12-5-7-18-8-6-12/h2-10,19H,1H3/b14-10-. The van der Waals surface area contributed by atoms with E-state index in [0.29, 0.717) is 15.3 Å². The summed E-state index contributed by atoms with van der Waals surface area (Å²) in [4.78, 5) is 21.4. The zero-order chi connectivity index (χ0) is 16.5. The lowest BCUT2D eigenvalue weighted by atomic mass is 10.2. The Morgan fingerprint density at radius 1 is 1.21 bits per heavy atom. The lowest BCUT2D eigenvalue weighted by Gasteiger charge is -2.00. The Morgan fingerprint density at radius 3 is 2.79 bits per heavy atom. The Balaban J connectivity index is 1.71. The van der Waals surface area contributed by atoms with Crippen molar-refractivity contribution < 1.29 is 0 Å². The monoisotopic (exact) mass is 335 g/mol. The molecule has 0 fully saturated rings. The van der Waals surface area contributed by atoms with Crippen LogP contribution in [0, 0.1) is 6.92 Å². The van der Waals surface area contributed by atoms with E-state index in [1.807, 2.05) is 43.3 Å². The Labute approximate surface area is 141 Å². The minimum absolute atomic E-state index is 0.178. The fourth-order valence-corrected chi connectivity index (χ4v) is 3.17. The lowest BCUT2D eigenvalue weighted by molar-refractivity contribution is 0.936. The number of rotatable bonds is 3. The first kappa shape index (κ1) is 14.5. The van der Waals surface area contributed by atoms with Crippen molar-refractivity contribution in [1.82, 2.24) is 19.6 Å². The van der Waals surface area contributed by atoms with E-state index in [-0.39, 0.29) is 5.56 Å². The van der Waals surface area contributed by atoms with Gasteiger partial charge in [-0.3, -0.25) is 9.78 Å². The van der Waals surface area contributed by atoms with Crippen molar-refractivity contribution in [2.24, 2.45) is 0 Å². The van der Waals surface area contributed by atoms with Gasteiger partial charge in [-0.2, -0.15) is 9.50 Å². The highest BCUT2D eigenvalue weighted by molar-refractivity contribution is 7.15. The van der Waals surface area contributed by atoms with Crippen LogP contribution in [0.1, 0.15) is 5.56 Å². The molecule has 4 rings (SSSR count). The van der Waals surface area contributed by atoms with Crippen molar-refractivity contribution >= 4 is 28.2 Å². The van der Waals surface area contributed by atoms with E-state index >= 15 is 0 Å². The van der Waals surface area contributed by atoms with Crippen molar-refractivity contribution in [3.8, 4) is 11.4 Å². The Hall–Kier alpha value is -3.06. The van der Waals surface area contributed by atoms with Gasteiger partial charge in [0.05, 0.1) is 0 Å². The first-order valence-corrected chi connectivity index (χ1v) is 8.16. The molecule has 0 aliphatic heterocycles. The van der Waals surface area contributed by atoms with Crippen LogP contribution < -0.4 is 15.4 Å². The van der Waals surface area contributed by atoms with Gasteiger partial charge in [0.15, 0.2) is 5.82 Å². The second-order valence-corrected chi connectivity index (χ2v) is 6.30. The molecule has 0 radical (unpaired) electrons. The second-order valence-electron chi connectivity index (χ2n) is 5.30. The number of aromatic nitrogens is 4. The zero-order valence-corrected chi connectivity index (χ0v) is 13.6. The topological polar surface area (TPSA) is 72.2 Å². The SMILES string of the molecule is Cc1cccc(N/C=c2\sc3nc(-c4ccncc4)nn3c2=O)c1. The van der Waals surface area contributed by atoms with Crippen molar-refractivity contribution in [3.05, 3.63) is 69.2 Å². The van der Waals surface area contributed by atoms with E-state index in [4.69, 9.17) is 0 Å². The van der Waals surface area contributed by atoms with Gasteiger partial charge in [0.25, 0.3) is 5.56 Å². The minimum Gasteiger partial charge on any atom is -0.360 e. The normalized spacial score (nSPS) is 12.0. The lowest BCUT2D eigenvalue weighted by Crippen LogP contribution is -2.24. The third-order valence-electron chi connectivity index (χ3n) is 3.51. The molecular formula is C17H13N5OS. The summed E-state index contributed by atoms with van der Waals surface area (Å²) >= 11 is 1.31. The molecular weight excluding hydrogens is 322 g/mol. The zero-order valence-electron chi connectivity index (χ0n) is 12.8. The number of nitrogens with one attached hydrogen (secondary N) is 1. The highest BCUT2D eigenvalue weighted by atomic mass is 32.1. The number of aryl methyl sites for hydroxylation is 1. The Morgan fingerprint density at radius 2 is 2.04 bits per heavy atom. The number of pyridine rings is 1. The van der Waals surface area contributed by atoms with E-state index in [0.717, 1.165) is 16.8 Å². The minimum atomic E-state index is -0.178. The van der Waals surface area contributed by atoms with E-state index in [2.05, 4.69) is 20.4 Å². The summed E-state index contributed by atoms with van der Waals surface area (Å²) in [5.74, 6) is 0.527. The summed E-state index contributed by atoms with van der Waals surface area (Å²) in [6.07, 6.45) is 5.05. The summed E-state index contributed by atoms with van der Waals surface area (Å²) in [6, 6.07) is 11.6. The second kappa shape index (κ2) is 5.86. The van der Waals surface area contributed by atoms with Gasteiger partial charge in [-0.05, 0) is 36.8 Å². The fourth-order valence-electron chi connectivity index (χ4n) is 2.34. The molecule has 0 aliphatic rings. The number of anilines is 1. The third kappa shape index (κ3) is 2.65. The van der Waals surface area contributed by atoms with Crippen LogP contribution in [0.5, 0.6) is 0 Å². The van der Waals surface area contributed by atoms with E-state index in [1.165, 1.54) is 15.9 Å². The number of fused-ring (bicyclic) bond motifs is 1. The van der Waals surface area contributed by atoms with Crippen molar-refractivity contribution in [2.45, 2.75) is 6.92 Å². The van der Waals surface area contributed by atoms with Gasteiger partial charge in [0.1, 0.15) is 4.53 Å². The number of nitrogens with zero attached hydrogens (tertiary/aromatic N) is 4. The molecule has 0 bridgehead atoms. The number of benzene rings is 1. The van der Waals surface area contributed by atoms with Crippen LogP contribution in [0.3, 0.4) is 0 Å². The van der Waals surface area contributed by atoms with Crippen LogP contribution in [0.15, 0.2) is 53.6 Å². The molecule has 1 aromatic carbocycles. The molecule has 0 atom stereocenters. The van der Waals surface area contributed by atoms with Gasteiger partial charge >= 0.3 is 0 Å². The molecule has 118 valence electrons. The molecule has 0 spiro atoms. The summed E-state index contributed by atoms with van der Waals surface area (Å²) in [7, 11) is 0. The predicted molar refractivity (Wildman–Crippen MR) is 94.8 cm³/mol. The van der Waals surface area contributed by atoms with Gasteiger partial charge in [0.2, 0.25) is 4.96 Å². The molecule has 4 aromatic rings.